The topological polar surface area (TPSA) is 55.1 Å². The van der Waals surface area contributed by atoms with Gasteiger partial charge in [-0.05, 0) is 42.2 Å². The molecule has 2 aromatic carbocycles. The van der Waals surface area contributed by atoms with E-state index in [4.69, 9.17) is 16.0 Å². The third-order valence-electron chi connectivity index (χ3n) is 4.03. The Bertz CT molecular complexity index is 894. The summed E-state index contributed by atoms with van der Waals surface area (Å²) in [5.41, 5.74) is 3.37. The molecular weight excluding hydrogens is 356 g/mol. The molecule has 0 bridgehead atoms. The normalized spacial score (nSPS) is 12.3. The van der Waals surface area contributed by atoms with Crippen LogP contribution < -0.4 is 5.32 Å². The molecule has 0 fully saturated rings. The maximum absolute atomic E-state index is 12.3. The molecular formula is C19H19ClN2O2S. The number of benzene rings is 2. The van der Waals surface area contributed by atoms with Crippen molar-refractivity contribution < 1.29 is 9.21 Å². The Morgan fingerprint density at radius 1 is 1.32 bits per heavy atom. The van der Waals surface area contributed by atoms with Crippen molar-refractivity contribution in [2.45, 2.75) is 31.4 Å². The van der Waals surface area contributed by atoms with Gasteiger partial charge in [-0.25, -0.2) is 4.98 Å². The molecule has 1 heterocycles. The number of thioether (sulfide) groups is 1. The number of hydrogen-bond donors (Lipinski definition) is 1. The zero-order valence-electron chi connectivity index (χ0n) is 14.1. The van der Waals surface area contributed by atoms with Crippen LogP contribution in [0.2, 0.25) is 5.02 Å². The summed E-state index contributed by atoms with van der Waals surface area (Å²) in [7, 11) is 0. The Labute approximate surface area is 156 Å². The lowest BCUT2D eigenvalue weighted by Crippen LogP contribution is -2.15. The van der Waals surface area contributed by atoms with E-state index in [0.29, 0.717) is 27.3 Å². The van der Waals surface area contributed by atoms with Crippen LogP contribution in [0.3, 0.4) is 0 Å². The van der Waals surface area contributed by atoms with Crippen LogP contribution in [0.25, 0.3) is 11.1 Å². The first-order valence-electron chi connectivity index (χ1n) is 8.14. The number of rotatable bonds is 6. The predicted octanol–water partition coefficient (Wildman–Crippen LogP) is 5.73. The summed E-state index contributed by atoms with van der Waals surface area (Å²) in [6.45, 7) is 4.29. The van der Waals surface area contributed by atoms with E-state index in [0.717, 1.165) is 17.7 Å². The first kappa shape index (κ1) is 17.8. The smallest absolute Gasteiger partial charge is 0.257 e. The van der Waals surface area contributed by atoms with Crippen molar-refractivity contribution in [2.24, 2.45) is 0 Å². The van der Waals surface area contributed by atoms with Crippen molar-refractivity contribution in [2.75, 3.05) is 11.1 Å². The number of hydrogen-bond acceptors (Lipinski definition) is 4. The van der Waals surface area contributed by atoms with Crippen LogP contribution >= 0.6 is 23.4 Å². The van der Waals surface area contributed by atoms with Crippen LogP contribution in [0.15, 0.2) is 52.1 Å². The standard InChI is InChI=1S/C19H19ClN2O2S/c1-3-12(2)14-6-4-5-7-15(14)21-18(23)11-25-19-22-16-10-13(20)8-9-17(16)24-19/h4-10,12H,3,11H2,1-2H3,(H,21,23). The lowest BCUT2D eigenvalue weighted by Gasteiger charge is -2.15. The van der Waals surface area contributed by atoms with E-state index in [2.05, 4.69) is 30.2 Å². The monoisotopic (exact) mass is 374 g/mol. The van der Waals surface area contributed by atoms with Gasteiger partial charge in [0.25, 0.3) is 5.22 Å². The number of nitrogens with zero attached hydrogens (tertiary/aromatic N) is 1. The second-order valence-corrected chi connectivity index (χ2v) is 7.19. The molecule has 25 heavy (non-hydrogen) atoms. The van der Waals surface area contributed by atoms with Crippen LogP contribution in [-0.2, 0) is 4.79 Å². The highest BCUT2D eigenvalue weighted by atomic mass is 35.5. The SMILES string of the molecule is CCC(C)c1ccccc1NC(=O)CSc1nc2cc(Cl)ccc2o1. The molecule has 130 valence electrons. The van der Waals surface area contributed by atoms with Crippen molar-refractivity contribution in [1.29, 1.82) is 0 Å². The largest absolute Gasteiger partial charge is 0.431 e. The lowest BCUT2D eigenvalue weighted by molar-refractivity contribution is -0.113. The number of aromatic nitrogens is 1. The predicted molar refractivity (Wildman–Crippen MR) is 104 cm³/mol. The molecule has 1 unspecified atom stereocenters. The Balaban J connectivity index is 1.65. The molecule has 0 aliphatic heterocycles. The van der Waals surface area contributed by atoms with E-state index in [9.17, 15) is 4.79 Å². The fraction of sp³-hybridized carbons (Fsp3) is 0.263. The number of anilines is 1. The number of nitrogens with one attached hydrogen (secondary N) is 1. The zero-order chi connectivity index (χ0) is 17.8. The highest BCUT2D eigenvalue weighted by Crippen LogP contribution is 2.28. The van der Waals surface area contributed by atoms with Gasteiger partial charge in [0.2, 0.25) is 5.91 Å². The fourth-order valence-electron chi connectivity index (χ4n) is 2.52. The zero-order valence-corrected chi connectivity index (χ0v) is 15.7. The molecule has 1 aromatic heterocycles. The molecule has 0 aliphatic carbocycles. The van der Waals surface area contributed by atoms with Gasteiger partial charge in [-0.3, -0.25) is 4.79 Å². The summed E-state index contributed by atoms with van der Waals surface area (Å²) in [6, 6.07) is 13.2. The highest BCUT2D eigenvalue weighted by Gasteiger charge is 2.13. The van der Waals surface area contributed by atoms with Crippen LogP contribution in [0.5, 0.6) is 0 Å². The summed E-state index contributed by atoms with van der Waals surface area (Å²) in [5.74, 6) is 0.544. The molecule has 3 aromatic rings. The lowest BCUT2D eigenvalue weighted by atomic mass is 9.97. The fourth-order valence-corrected chi connectivity index (χ4v) is 3.32. The summed E-state index contributed by atoms with van der Waals surface area (Å²) in [6.07, 6.45) is 1.02. The van der Waals surface area contributed by atoms with Gasteiger partial charge >= 0.3 is 0 Å². The molecule has 0 aliphatic rings. The molecule has 0 saturated carbocycles. The minimum atomic E-state index is -0.0824. The van der Waals surface area contributed by atoms with E-state index in [1.54, 1.807) is 18.2 Å². The molecule has 4 nitrogen and oxygen atoms in total. The van der Waals surface area contributed by atoms with E-state index in [1.807, 2.05) is 18.2 Å². The van der Waals surface area contributed by atoms with Gasteiger partial charge in [-0.15, -0.1) is 0 Å². The van der Waals surface area contributed by atoms with Crippen molar-refractivity contribution in [3.05, 3.63) is 53.1 Å². The summed E-state index contributed by atoms with van der Waals surface area (Å²) in [4.78, 5) is 16.6. The Morgan fingerprint density at radius 3 is 2.92 bits per heavy atom. The molecule has 1 N–H and O–H groups in total. The Hall–Kier alpha value is -1.98. The van der Waals surface area contributed by atoms with Crippen molar-refractivity contribution in [1.82, 2.24) is 4.98 Å². The Morgan fingerprint density at radius 2 is 2.12 bits per heavy atom. The van der Waals surface area contributed by atoms with Gasteiger partial charge in [0.15, 0.2) is 5.58 Å². The number of halogens is 1. The summed E-state index contributed by atoms with van der Waals surface area (Å²) in [5, 5.41) is 4.06. The van der Waals surface area contributed by atoms with E-state index in [-0.39, 0.29) is 11.7 Å². The summed E-state index contributed by atoms with van der Waals surface area (Å²) >= 11 is 7.21. The van der Waals surface area contributed by atoms with Crippen LogP contribution in [0.1, 0.15) is 31.7 Å². The number of carbonyl (C=O) groups is 1. The average molecular weight is 375 g/mol. The number of carbonyl (C=O) groups excluding carboxylic acids is 1. The maximum Gasteiger partial charge on any atom is 0.257 e. The number of oxazole rings is 1. The first-order valence-corrected chi connectivity index (χ1v) is 9.51. The van der Waals surface area contributed by atoms with Crippen molar-refractivity contribution in [3.8, 4) is 0 Å². The van der Waals surface area contributed by atoms with Crippen molar-refractivity contribution in [3.63, 3.8) is 0 Å². The number of fused-ring (bicyclic) bond motifs is 1. The third kappa shape index (κ3) is 4.35. The third-order valence-corrected chi connectivity index (χ3v) is 5.10. The number of amides is 1. The van der Waals surface area contributed by atoms with E-state index in [1.165, 1.54) is 11.8 Å². The van der Waals surface area contributed by atoms with E-state index >= 15 is 0 Å². The second kappa shape index (κ2) is 7.93. The molecule has 1 atom stereocenters. The van der Waals surface area contributed by atoms with Crippen LogP contribution in [-0.4, -0.2) is 16.6 Å². The average Bonchev–Trinajstić information content (AvgIpc) is 3.02. The molecule has 1 amide bonds. The molecule has 3 rings (SSSR count). The van der Waals surface area contributed by atoms with Gasteiger partial charge in [-0.2, -0.15) is 0 Å². The maximum atomic E-state index is 12.3. The van der Waals surface area contributed by atoms with Gasteiger partial charge in [-0.1, -0.05) is 55.4 Å². The summed E-state index contributed by atoms with van der Waals surface area (Å²) < 4.78 is 5.62. The van der Waals surface area contributed by atoms with Gasteiger partial charge in [0.05, 0.1) is 5.75 Å². The van der Waals surface area contributed by atoms with Gasteiger partial charge in [0.1, 0.15) is 5.52 Å². The Kier molecular flexibility index (Phi) is 5.66. The number of para-hydroxylation sites is 1. The second-order valence-electron chi connectivity index (χ2n) is 5.83. The quantitative estimate of drug-likeness (QED) is 0.560. The first-order chi connectivity index (χ1) is 12.1. The van der Waals surface area contributed by atoms with E-state index < -0.39 is 0 Å². The highest BCUT2D eigenvalue weighted by molar-refractivity contribution is 7.99. The molecule has 0 radical (unpaired) electrons. The minimum absolute atomic E-state index is 0.0824. The van der Waals surface area contributed by atoms with Gasteiger partial charge in [0, 0.05) is 10.7 Å². The van der Waals surface area contributed by atoms with Crippen LogP contribution in [0.4, 0.5) is 5.69 Å². The van der Waals surface area contributed by atoms with Gasteiger partial charge < -0.3 is 9.73 Å². The molecule has 0 saturated heterocycles. The molecule has 0 spiro atoms. The van der Waals surface area contributed by atoms with Crippen molar-refractivity contribution >= 4 is 46.1 Å². The van der Waals surface area contributed by atoms with Crippen LogP contribution in [0, 0.1) is 0 Å². The molecule has 6 heteroatoms. The minimum Gasteiger partial charge on any atom is -0.431 e.